The molecule has 1 aromatic carbocycles. The molecule has 0 bridgehead atoms. The first-order valence-corrected chi connectivity index (χ1v) is 8.56. The van der Waals surface area contributed by atoms with Gasteiger partial charge in [-0.25, -0.2) is 4.68 Å². The van der Waals surface area contributed by atoms with Crippen molar-refractivity contribution in [3.63, 3.8) is 0 Å². The molecule has 0 saturated carbocycles. The molecule has 0 spiro atoms. The van der Waals surface area contributed by atoms with Crippen LogP contribution >= 0.6 is 0 Å². The monoisotopic (exact) mass is 327 g/mol. The summed E-state index contributed by atoms with van der Waals surface area (Å²) in [5.74, 6) is 0.0694. The predicted octanol–water partition coefficient (Wildman–Crippen LogP) is 3.09. The van der Waals surface area contributed by atoms with Crippen LogP contribution in [0.2, 0.25) is 0 Å². The minimum absolute atomic E-state index is 0.0184. The van der Waals surface area contributed by atoms with E-state index < -0.39 is 0 Å². The molecule has 1 fully saturated rings. The Balaban J connectivity index is 1.66. The highest BCUT2D eigenvalue weighted by atomic mass is 16.5. The van der Waals surface area contributed by atoms with E-state index in [9.17, 15) is 4.79 Å². The summed E-state index contributed by atoms with van der Waals surface area (Å²) in [6.45, 7) is 7.36. The highest BCUT2D eigenvalue weighted by Gasteiger charge is 2.23. The van der Waals surface area contributed by atoms with Gasteiger partial charge in [0.25, 0.3) is 0 Å². The Hall–Kier alpha value is -2.14. The van der Waals surface area contributed by atoms with E-state index in [0.29, 0.717) is 6.61 Å². The third-order valence-electron chi connectivity index (χ3n) is 4.54. The lowest BCUT2D eigenvalue weighted by Crippen LogP contribution is -2.36. The van der Waals surface area contributed by atoms with Crippen molar-refractivity contribution in [2.45, 2.75) is 39.7 Å². The molecule has 0 unspecified atom stereocenters. The number of rotatable bonds is 4. The molecule has 5 nitrogen and oxygen atoms in total. The summed E-state index contributed by atoms with van der Waals surface area (Å²) in [5, 5.41) is 7.60. The van der Waals surface area contributed by atoms with Gasteiger partial charge in [0.05, 0.1) is 29.9 Å². The molecule has 1 amide bonds. The summed E-state index contributed by atoms with van der Waals surface area (Å²) in [6, 6.07) is 10.2. The van der Waals surface area contributed by atoms with Crippen molar-refractivity contribution in [3.05, 3.63) is 47.3 Å². The van der Waals surface area contributed by atoms with E-state index in [4.69, 9.17) is 4.74 Å². The standard InChI is InChI=1S/C19H25N3O2/c1-13-11-14(2)22(21-13)18-8-6-16(7-9-18)15(3)20-19(23)17-5-4-10-24-12-17/h6-9,11,15,17H,4-5,10,12H2,1-3H3,(H,20,23)/t15-,17+/m1/s1. The lowest BCUT2D eigenvalue weighted by molar-refractivity contribution is -0.129. The molecule has 1 aliphatic heterocycles. The topological polar surface area (TPSA) is 56.2 Å². The number of carbonyl (C=O) groups is 1. The first kappa shape index (κ1) is 16.7. The highest BCUT2D eigenvalue weighted by molar-refractivity contribution is 5.79. The molecule has 1 aromatic heterocycles. The van der Waals surface area contributed by atoms with Gasteiger partial charge in [0.2, 0.25) is 5.91 Å². The average molecular weight is 327 g/mol. The van der Waals surface area contributed by atoms with Crippen LogP contribution in [0.5, 0.6) is 0 Å². The van der Waals surface area contributed by atoms with Gasteiger partial charge < -0.3 is 10.1 Å². The van der Waals surface area contributed by atoms with E-state index in [2.05, 4.69) is 16.5 Å². The van der Waals surface area contributed by atoms with Crippen molar-refractivity contribution in [3.8, 4) is 5.69 Å². The van der Waals surface area contributed by atoms with E-state index in [1.54, 1.807) is 0 Å². The van der Waals surface area contributed by atoms with Crippen molar-refractivity contribution in [1.29, 1.82) is 0 Å². The number of amides is 1. The van der Waals surface area contributed by atoms with Crippen LogP contribution in [-0.2, 0) is 9.53 Å². The molecule has 2 aromatic rings. The number of ether oxygens (including phenoxy) is 1. The van der Waals surface area contributed by atoms with Crippen LogP contribution in [-0.4, -0.2) is 28.9 Å². The molecule has 1 N–H and O–H groups in total. The maximum atomic E-state index is 12.3. The largest absolute Gasteiger partial charge is 0.381 e. The average Bonchev–Trinajstić information content (AvgIpc) is 2.94. The van der Waals surface area contributed by atoms with Crippen LogP contribution < -0.4 is 5.32 Å². The van der Waals surface area contributed by atoms with Crippen LogP contribution in [0, 0.1) is 19.8 Å². The van der Waals surface area contributed by atoms with E-state index in [1.165, 1.54) is 0 Å². The minimum Gasteiger partial charge on any atom is -0.381 e. The molecule has 0 aliphatic carbocycles. The van der Waals surface area contributed by atoms with Crippen molar-refractivity contribution in [1.82, 2.24) is 15.1 Å². The second-order valence-corrected chi connectivity index (χ2v) is 6.57. The first-order valence-electron chi connectivity index (χ1n) is 8.56. The lowest BCUT2D eigenvalue weighted by atomic mass is 10.00. The summed E-state index contributed by atoms with van der Waals surface area (Å²) in [4.78, 5) is 12.3. The van der Waals surface area contributed by atoms with Crippen molar-refractivity contribution < 1.29 is 9.53 Å². The van der Waals surface area contributed by atoms with E-state index >= 15 is 0 Å². The fraction of sp³-hybridized carbons (Fsp3) is 0.474. The SMILES string of the molecule is Cc1cc(C)n(-c2ccc([C@@H](C)NC(=O)[C@H]3CCCOC3)cc2)n1. The van der Waals surface area contributed by atoms with E-state index in [1.807, 2.05) is 49.7 Å². The molecule has 5 heteroatoms. The van der Waals surface area contributed by atoms with Gasteiger partial charge in [0.15, 0.2) is 0 Å². The quantitative estimate of drug-likeness (QED) is 0.939. The number of benzene rings is 1. The van der Waals surface area contributed by atoms with Crippen LogP contribution in [0.15, 0.2) is 30.3 Å². The number of nitrogens with one attached hydrogen (secondary N) is 1. The number of aryl methyl sites for hydroxylation is 2. The molecule has 1 aliphatic rings. The minimum atomic E-state index is -0.0195. The Kier molecular flexibility index (Phi) is 5.00. The van der Waals surface area contributed by atoms with Gasteiger partial charge in [-0.05, 0) is 57.4 Å². The normalized spacial score (nSPS) is 19.0. The summed E-state index contributed by atoms with van der Waals surface area (Å²) in [7, 11) is 0. The fourth-order valence-electron chi connectivity index (χ4n) is 3.16. The summed E-state index contributed by atoms with van der Waals surface area (Å²) < 4.78 is 7.33. The molecule has 2 atom stereocenters. The van der Waals surface area contributed by atoms with Crippen molar-refractivity contribution >= 4 is 5.91 Å². The fourth-order valence-corrected chi connectivity index (χ4v) is 3.16. The van der Waals surface area contributed by atoms with Crippen LogP contribution in [0.25, 0.3) is 5.69 Å². The molecular formula is C19H25N3O2. The van der Waals surface area contributed by atoms with Gasteiger partial charge in [-0.3, -0.25) is 4.79 Å². The third kappa shape index (κ3) is 3.67. The van der Waals surface area contributed by atoms with E-state index in [0.717, 1.165) is 42.1 Å². The number of hydrogen-bond acceptors (Lipinski definition) is 3. The molecule has 24 heavy (non-hydrogen) atoms. The molecule has 2 heterocycles. The molecule has 1 saturated heterocycles. The number of nitrogens with zero attached hydrogens (tertiary/aromatic N) is 2. The van der Waals surface area contributed by atoms with Crippen LogP contribution in [0.4, 0.5) is 0 Å². The zero-order chi connectivity index (χ0) is 17.1. The second kappa shape index (κ2) is 7.18. The van der Waals surface area contributed by atoms with Gasteiger partial charge in [-0.2, -0.15) is 5.10 Å². The Morgan fingerprint density at radius 1 is 1.33 bits per heavy atom. The third-order valence-corrected chi connectivity index (χ3v) is 4.54. The van der Waals surface area contributed by atoms with Crippen molar-refractivity contribution in [2.75, 3.05) is 13.2 Å². The van der Waals surface area contributed by atoms with Crippen LogP contribution in [0.1, 0.15) is 42.8 Å². The maximum absolute atomic E-state index is 12.3. The molecule has 3 rings (SSSR count). The number of hydrogen-bond donors (Lipinski definition) is 1. The number of carbonyl (C=O) groups excluding carboxylic acids is 1. The smallest absolute Gasteiger partial charge is 0.225 e. The zero-order valence-electron chi connectivity index (χ0n) is 14.6. The van der Waals surface area contributed by atoms with Crippen molar-refractivity contribution in [2.24, 2.45) is 5.92 Å². The molecular weight excluding hydrogens is 302 g/mol. The Morgan fingerprint density at radius 3 is 2.67 bits per heavy atom. The predicted molar refractivity (Wildman–Crippen MR) is 93.1 cm³/mol. The Morgan fingerprint density at radius 2 is 2.08 bits per heavy atom. The second-order valence-electron chi connectivity index (χ2n) is 6.57. The van der Waals surface area contributed by atoms with Gasteiger partial charge in [0, 0.05) is 12.3 Å². The van der Waals surface area contributed by atoms with Gasteiger partial charge >= 0.3 is 0 Å². The first-order chi connectivity index (χ1) is 11.5. The lowest BCUT2D eigenvalue weighted by Gasteiger charge is -2.23. The zero-order valence-corrected chi connectivity index (χ0v) is 14.6. The van der Waals surface area contributed by atoms with Gasteiger partial charge in [0.1, 0.15) is 0 Å². The molecule has 0 radical (unpaired) electrons. The number of aromatic nitrogens is 2. The maximum Gasteiger partial charge on any atom is 0.225 e. The van der Waals surface area contributed by atoms with Crippen LogP contribution in [0.3, 0.4) is 0 Å². The summed E-state index contributed by atoms with van der Waals surface area (Å²) in [5.41, 5.74) is 4.24. The summed E-state index contributed by atoms with van der Waals surface area (Å²) >= 11 is 0. The van der Waals surface area contributed by atoms with Gasteiger partial charge in [-0.15, -0.1) is 0 Å². The van der Waals surface area contributed by atoms with E-state index in [-0.39, 0.29) is 17.9 Å². The van der Waals surface area contributed by atoms with Gasteiger partial charge in [-0.1, -0.05) is 12.1 Å². The Labute approximate surface area is 143 Å². The molecule has 128 valence electrons. The summed E-state index contributed by atoms with van der Waals surface area (Å²) in [6.07, 6.45) is 1.87. The highest BCUT2D eigenvalue weighted by Crippen LogP contribution is 2.19. The Bertz CT molecular complexity index is 700.